The number of hydrogen-bond acceptors (Lipinski definition) is 8. The lowest BCUT2D eigenvalue weighted by molar-refractivity contribution is -0.605. The molecule has 0 spiro atoms. The maximum absolute atomic E-state index is 13.5. The first-order chi connectivity index (χ1) is 19.5. The Hall–Kier alpha value is -2.06. The maximum Gasteiger partial charge on any atom is 0.387 e. The summed E-state index contributed by atoms with van der Waals surface area (Å²) in [7, 11) is -3.68. The van der Waals surface area contributed by atoms with Crippen molar-refractivity contribution in [1.82, 2.24) is 4.31 Å². The first kappa shape index (κ1) is 30.4. The summed E-state index contributed by atoms with van der Waals surface area (Å²) in [6, 6.07) is 4.18. The fourth-order valence-corrected chi connectivity index (χ4v) is 8.61. The number of thioether (sulfide) groups is 1. The van der Waals surface area contributed by atoms with Crippen molar-refractivity contribution in [1.29, 1.82) is 0 Å². The minimum absolute atomic E-state index is 0.0154. The van der Waals surface area contributed by atoms with E-state index in [4.69, 9.17) is 32.7 Å². The summed E-state index contributed by atoms with van der Waals surface area (Å²) in [4.78, 5) is 13.5. The second-order valence-electron chi connectivity index (χ2n) is 10.3. The van der Waals surface area contributed by atoms with Crippen molar-refractivity contribution < 1.29 is 40.9 Å². The highest BCUT2D eigenvalue weighted by Gasteiger charge is 2.43. The van der Waals surface area contributed by atoms with Crippen LogP contribution in [0.2, 0.25) is 10.0 Å². The quantitative estimate of drug-likeness (QED) is 0.170. The number of halogens is 4. The number of pyridine rings is 1. The minimum atomic E-state index is -3.68. The molecule has 0 radical (unpaired) electrons. The fourth-order valence-electron chi connectivity index (χ4n) is 4.46. The van der Waals surface area contributed by atoms with Gasteiger partial charge in [-0.25, -0.2) is 13.2 Å². The Morgan fingerprint density at radius 1 is 1.12 bits per heavy atom. The smallest absolute Gasteiger partial charge is 0.387 e. The Bertz CT molecular complexity index is 1370. The average Bonchev–Trinajstić information content (AvgIpc) is 3.83. The van der Waals surface area contributed by atoms with Crippen LogP contribution in [0.1, 0.15) is 42.9 Å². The summed E-state index contributed by atoms with van der Waals surface area (Å²) in [5.41, 5.74) is 0.663. The van der Waals surface area contributed by atoms with Crippen molar-refractivity contribution in [2.45, 2.75) is 50.2 Å². The number of ether oxygens (including phenoxy) is 3. The van der Waals surface area contributed by atoms with Gasteiger partial charge in [0.05, 0.1) is 12.4 Å². The lowest BCUT2D eigenvalue weighted by Crippen LogP contribution is -2.42. The van der Waals surface area contributed by atoms with Crippen molar-refractivity contribution in [2.75, 3.05) is 24.7 Å². The van der Waals surface area contributed by atoms with Crippen LogP contribution in [0.3, 0.4) is 0 Å². The Balaban J connectivity index is 1.45. The van der Waals surface area contributed by atoms with E-state index >= 15 is 0 Å². The molecular formula is C26H28Cl2F2N2O7S2. The van der Waals surface area contributed by atoms with Crippen molar-refractivity contribution in [3.05, 3.63) is 57.0 Å². The van der Waals surface area contributed by atoms with Gasteiger partial charge < -0.3 is 19.4 Å². The Morgan fingerprint density at radius 2 is 1.80 bits per heavy atom. The number of hydrogen-bond donors (Lipinski definition) is 0. The van der Waals surface area contributed by atoms with Crippen LogP contribution in [0, 0.1) is 17.0 Å². The summed E-state index contributed by atoms with van der Waals surface area (Å²) in [6.07, 6.45) is 4.65. The summed E-state index contributed by atoms with van der Waals surface area (Å²) in [5, 5.41) is 10.8. The average molecular weight is 654 g/mol. The fraction of sp³-hybridized carbons (Fsp3) is 0.538. The number of carbonyl (C=O) groups excluding carboxylic acids is 1. The molecule has 2 saturated carbocycles. The molecule has 2 atom stereocenters. The molecule has 0 N–H and O–H groups in total. The Labute approximate surface area is 250 Å². The molecule has 1 unspecified atom stereocenters. The van der Waals surface area contributed by atoms with E-state index in [0.717, 1.165) is 49.8 Å². The lowest BCUT2D eigenvalue weighted by atomic mass is 10.0. The zero-order chi connectivity index (χ0) is 29.3. The van der Waals surface area contributed by atoms with Crippen LogP contribution in [0.25, 0.3) is 0 Å². The monoisotopic (exact) mass is 652 g/mol. The highest BCUT2D eigenvalue weighted by molar-refractivity contribution is 8.02. The molecule has 1 saturated heterocycles. The van der Waals surface area contributed by atoms with Gasteiger partial charge in [0, 0.05) is 24.3 Å². The molecule has 1 aromatic heterocycles. The molecule has 1 aromatic carbocycles. The van der Waals surface area contributed by atoms with Crippen molar-refractivity contribution in [2.24, 2.45) is 11.8 Å². The zero-order valence-corrected chi connectivity index (χ0v) is 24.9. The van der Waals surface area contributed by atoms with E-state index in [-0.39, 0.29) is 46.2 Å². The second kappa shape index (κ2) is 12.7. The molecule has 0 bridgehead atoms. The van der Waals surface area contributed by atoms with Crippen LogP contribution in [-0.2, 0) is 26.0 Å². The molecular weight excluding hydrogens is 625 g/mol. The van der Waals surface area contributed by atoms with E-state index < -0.39 is 34.1 Å². The Morgan fingerprint density at radius 3 is 2.44 bits per heavy atom. The van der Waals surface area contributed by atoms with Crippen LogP contribution < -0.4 is 14.2 Å². The number of esters is 1. The summed E-state index contributed by atoms with van der Waals surface area (Å²) < 4.78 is 70.1. The van der Waals surface area contributed by atoms with Crippen LogP contribution in [-0.4, -0.2) is 55.3 Å². The molecule has 0 amide bonds. The molecule has 1 aliphatic heterocycles. The van der Waals surface area contributed by atoms with Crippen LogP contribution >= 0.6 is 35.0 Å². The normalized spacial score (nSPS) is 20.3. The minimum Gasteiger partial charge on any atom is -0.619 e. The third kappa shape index (κ3) is 7.86. The maximum atomic E-state index is 13.5. The standard InChI is InChI=1S/C26H28Cl2F2N2O7S2/c27-19-11-31(34)12-20(28)18(19)10-22(17-5-6-21(39-26(29)30)23(9-17)37-13-15-1-2-15)38-25(33)24-32(7-8-40-24)41(35,36)14-16-3-4-16/h5-6,9,11-12,15-16,22,24,26H,1-4,7-8,10,13-14H2/t22-,24?/m0/s1. The molecule has 3 aliphatic rings. The highest BCUT2D eigenvalue weighted by Crippen LogP contribution is 2.39. The molecule has 2 aromatic rings. The number of nitrogens with zero attached hydrogens (tertiary/aromatic N) is 2. The van der Waals surface area contributed by atoms with Gasteiger partial charge in [-0.2, -0.15) is 17.8 Å². The third-order valence-corrected chi connectivity index (χ3v) is 11.0. The van der Waals surface area contributed by atoms with Gasteiger partial charge in [-0.1, -0.05) is 29.3 Å². The van der Waals surface area contributed by atoms with Crippen LogP contribution in [0.4, 0.5) is 8.78 Å². The summed E-state index contributed by atoms with van der Waals surface area (Å²) in [5.74, 6) is -0.0960. The lowest BCUT2D eigenvalue weighted by Gasteiger charge is -2.26. The summed E-state index contributed by atoms with van der Waals surface area (Å²) in [6.45, 7) is -2.59. The number of aromatic nitrogens is 1. The zero-order valence-electron chi connectivity index (χ0n) is 21.7. The summed E-state index contributed by atoms with van der Waals surface area (Å²) >= 11 is 13.8. The molecule has 5 rings (SSSR count). The predicted molar refractivity (Wildman–Crippen MR) is 149 cm³/mol. The van der Waals surface area contributed by atoms with Gasteiger partial charge in [0.25, 0.3) is 0 Å². The van der Waals surface area contributed by atoms with E-state index in [0.29, 0.717) is 34.1 Å². The van der Waals surface area contributed by atoms with E-state index in [9.17, 15) is 27.2 Å². The van der Waals surface area contributed by atoms with E-state index in [1.54, 1.807) is 0 Å². The van der Waals surface area contributed by atoms with Crippen molar-refractivity contribution in [3.63, 3.8) is 0 Å². The van der Waals surface area contributed by atoms with Gasteiger partial charge in [0.2, 0.25) is 10.0 Å². The first-order valence-electron chi connectivity index (χ1n) is 13.1. The first-order valence-corrected chi connectivity index (χ1v) is 16.5. The number of rotatable bonds is 13. The third-order valence-electron chi connectivity index (χ3n) is 6.98. The number of sulfonamides is 1. The van der Waals surface area contributed by atoms with Gasteiger partial charge in [-0.3, -0.25) is 0 Å². The largest absolute Gasteiger partial charge is 0.619 e. The van der Waals surface area contributed by atoms with E-state index in [2.05, 4.69) is 4.74 Å². The molecule has 224 valence electrons. The van der Waals surface area contributed by atoms with Crippen molar-refractivity contribution >= 4 is 51.0 Å². The SMILES string of the molecule is O=C(O[C@@H](Cc1c(Cl)c[n+]([O-])cc1Cl)c1ccc(OC(F)F)c(OCC2CC2)c1)C1SCCN1S(=O)(=O)CC1CC1. The Kier molecular flexibility index (Phi) is 9.39. The second-order valence-corrected chi connectivity index (χ2v) is 14.3. The molecule has 2 aliphatic carbocycles. The van der Waals surface area contributed by atoms with Crippen LogP contribution in [0.5, 0.6) is 11.5 Å². The van der Waals surface area contributed by atoms with Gasteiger partial charge >= 0.3 is 12.6 Å². The van der Waals surface area contributed by atoms with Gasteiger partial charge in [-0.05, 0) is 55.2 Å². The molecule has 15 heteroatoms. The molecule has 3 fully saturated rings. The predicted octanol–water partition coefficient (Wildman–Crippen LogP) is 4.96. The van der Waals surface area contributed by atoms with Gasteiger partial charge in [-0.15, -0.1) is 11.8 Å². The van der Waals surface area contributed by atoms with Gasteiger partial charge in [0.15, 0.2) is 29.3 Å². The highest BCUT2D eigenvalue weighted by atomic mass is 35.5. The van der Waals surface area contributed by atoms with Crippen molar-refractivity contribution in [3.8, 4) is 11.5 Å². The molecule has 2 heterocycles. The molecule has 41 heavy (non-hydrogen) atoms. The van der Waals surface area contributed by atoms with Gasteiger partial charge in [0.1, 0.15) is 16.1 Å². The topological polar surface area (TPSA) is 109 Å². The number of alkyl halides is 2. The number of benzene rings is 1. The van der Waals surface area contributed by atoms with E-state index in [1.807, 2.05) is 0 Å². The molecule has 9 nitrogen and oxygen atoms in total. The van der Waals surface area contributed by atoms with Crippen LogP contribution in [0.15, 0.2) is 30.6 Å². The number of carbonyl (C=O) groups is 1. The van der Waals surface area contributed by atoms with E-state index in [1.165, 1.54) is 22.5 Å².